The van der Waals surface area contributed by atoms with E-state index >= 15 is 0 Å². The monoisotopic (exact) mass is 267 g/mol. The third-order valence-corrected chi connectivity index (χ3v) is 2.83. The van der Waals surface area contributed by atoms with Gasteiger partial charge < -0.3 is 10.3 Å². The van der Waals surface area contributed by atoms with Crippen LogP contribution in [0.2, 0.25) is 0 Å². The van der Waals surface area contributed by atoms with Crippen LogP contribution < -0.4 is 5.73 Å². The summed E-state index contributed by atoms with van der Waals surface area (Å²) in [5.74, 6) is -1.48. The van der Waals surface area contributed by atoms with Crippen molar-refractivity contribution in [2.75, 3.05) is 0 Å². The second kappa shape index (κ2) is 4.70. The smallest absolute Gasteiger partial charge is 0.263 e. The predicted octanol–water partition coefficient (Wildman–Crippen LogP) is 3.06. The van der Waals surface area contributed by atoms with Gasteiger partial charge in [0.2, 0.25) is 0 Å². The summed E-state index contributed by atoms with van der Waals surface area (Å²) < 4.78 is 32.1. The number of nitrogens with two attached hydrogens (primary N) is 1. The van der Waals surface area contributed by atoms with Crippen LogP contribution in [0.5, 0.6) is 0 Å². The molecule has 6 heteroatoms. The molecule has 19 heavy (non-hydrogen) atoms. The second-order valence-corrected chi connectivity index (χ2v) is 5.40. The molecule has 0 saturated heterocycles. The molecule has 0 saturated carbocycles. The minimum Gasteiger partial charge on any atom is -0.334 e. The standard InChI is InChI=1S/C13H15F2N3O/c1-13(2,3)10(16)11-17-12(19-18-11)9-7(14)5-4-6-8(9)15/h4-6,10H,16H2,1-3H3. The first kappa shape index (κ1) is 13.6. The van der Waals surface area contributed by atoms with Gasteiger partial charge in [-0.15, -0.1) is 0 Å². The van der Waals surface area contributed by atoms with E-state index in [0.717, 1.165) is 12.1 Å². The highest BCUT2D eigenvalue weighted by Gasteiger charge is 2.28. The Hall–Kier alpha value is -1.82. The van der Waals surface area contributed by atoms with Crippen molar-refractivity contribution in [1.29, 1.82) is 0 Å². The molecule has 1 aromatic carbocycles. The topological polar surface area (TPSA) is 64.9 Å². The van der Waals surface area contributed by atoms with E-state index in [1.54, 1.807) is 0 Å². The Morgan fingerprint density at radius 2 is 1.79 bits per heavy atom. The molecule has 2 N–H and O–H groups in total. The van der Waals surface area contributed by atoms with Gasteiger partial charge in [-0.25, -0.2) is 8.78 Å². The average Bonchev–Trinajstić information content (AvgIpc) is 2.75. The zero-order valence-electron chi connectivity index (χ0n) is 10.9. The Labute approximate surface area is 109 Å². The van der Waals surface area contributed by atoms with Gasteiger partial charge in [0.05, 0.1) is 6.04 Å². The second-order valence-electron chi connectivity index (χ2n) is 5.40. The summed E-state index contributed by atoms with van der Waals surface area (Å²) in [7, 11) is 0. The predicted molar refractivity (Wildman–Crippen MR) is 66.0 cm³/mol. The number of halogens is 2. The van der Waals surface area contributed by atoms with Gasteiger partial charge in [0.1, 0.15) is 17.2 Å². The molecule has 0 radical (unpaired) electrons. The summed E-state index contributed by atoms with van der Waals surface area (Å²) in [5, 5.41) is 3.70. The number of aromatic nitrogens is 2. The molecule has 1 aromatic heterocycles. The molecule has 0 spiro atoms. The summed E-state index contributed by atoms with van der Waals surface area (Å²) >= 11 is 0. The minimum absolute atomic E-state index is 0.203. The molecule has 4 nitrogen and oxygen atoms in total. The van der Waals surface area contributed by atoms with Crippen molar-refractivity contribution in [3.8, 4) is 11.5 Å². The van der Waals surface area contributed by atoms with Gasteiger partial charge in [-0.2, -0.15) is 4.98 Å². The van der Waals surface area contributed by atoms with Gasteiger partial charge in [-0.3, -0.25) is 0 Å². The third kappa shape index (κ3) is 2.63. The fourth-order valence-electron chi connectivity index (χ4n) is 1.55. The molecule has 1 unspecified atom stereocenters. The lowest BCUT2D eigenvalue weighted by Gasteiger charge is -2.23. The molecule has 0 bridgehead atoms. The van der Waals surface area contributed by atoms with Crippen molar-refractivity contribution in [2.45, 2.75) is 26.8 Å². The van der Waals surface area contributed by atoms with Crippen LogP contribution in [0.15, 0.2) is 22.7 Å². The van der Waals surface area contributed by atoms with Crippen LogP contribution in [0, 0.1) is 17.0 Å². The first-order valence-corrected chi connectivity index (χ1v) is 5.84. The molecule has 0 aliphatic rings. The minimum atomic E-state index is -0.750. The molecule has 102 valence electrons. The SMILES string of the molecule is CC(C)(C)C(N)c1noc(-c2c(F)cccc2F)n1. The summed E-state index contributed by atoms with van der Waals surface area (Å²) in [6.07, 6.45) is 0. The fourth-order valence-corrected chi connectivity index (χ4v) is 1.55. The third-order valence-electron chi connectivity index (χ3n) is 2.83. The molecule has 1 atom stereocenters. The van der Waals surface area contributed by atoms with E-state index in [2.05, 4.69) is 10.1 Å². The average molecular weight is 267 g/mol. The molecule has 2 aromatic rings. The molecule has 0 fully saturated rings. The van der Waals surface area contributed by atoms with Crippen LogP contribution in [0.25, 0.3) is 11.5 Å². The quantitative estimate of drug-likeness (QED) is 0.908. The Morgan fingerprint density at radius 3 is 2.32 bits per heavy atom. The lowest BCUT2D eigenvalue weighted by Crippen LogP contribution is -2.27. The van der Waals surface area contributed by atoms with E-state index in [1.807, 2.05) is 20.8 Å². The highest BCUT2D eigenvalue weighted by atomic mass is 19.1. The van der Waals surface area contributed by atoms with Crippen molar-refractivity contribution >= 4 is 0 Å². The van der Waals surface area contributed by atoms with E-state index in [0.29, 0.717) is 0 Å². The van der Waals surface area contributed by atoms with Gasteiger partial charge in [0.25, 0.3) is 5.89 Å². The van der Waals surface area contributed by atoms with Gasteiger partial charge in [-0.1, -0.05) is 32.0 Å². The lowest BCUT2D eigenvalue weighted by molar-refractivity contribution is 0.303. The van der Waals surface area contributed by atoms with E-state index in [1.165, 1.54) is 6.07 Å². The Morgan fingerprint density at radius 1 is 1.21 bits per heavy atom. The fraction of sp³-hybridized carbons (Fsp3) is 0.385. The number of hydrogen-bond acceptors (Lipinski definition) is 4. The van der Waals surface area contributed by atoms with Crippen molar-refractivity contribution in [3.63, 3.8) is 0 Å². The first-order chi connectivity index (χ1) is 8.80. The van der Waals surface area contributed by atoms with Gasteiger partial charge in [0.15, 0.2) is 5.82 Å². The highest BCUT2D eigenvalue weighted by Crippen LogP contribution is 2.31. The van der Waals surface area contributed by atoms with Crippen molar-refractivity contribution < 1.29 is 13.3 Å². The summed E-state index contributed by atoms with van der Waals surface area (Å²) in [5.41, 5.74) is 5.35. The van der Waals surface area contributed by atoms with E-state index < -0.39 is 17.7 Å². The first-order valence-electron chi connectivity index (χ1n) is 5.84. The molecule has 0 aliphatic carbocycles. The van der Waals surface area contributed by atoms with Crippen LogP contribution in [0.1, 0.15) is 32.6 Å². The maximum atomic E-state index is 13.6. The van der Waals surface area contributed by atoms with Crippen molar-refractivity contribution in [2.24, 2.45) is 11.1 Å². The van der Waals surface area contributed by atoms with Crippen LogP contribution >= 0.6 is 0 Å². The molecule has 1 heterocycles. The van der Waals surface area contributed by atoms with Crippen LogP contribution in [-0.2, 0) is 0 Å². The summed E-state index contributed by atoms with van der Waals surface area (Å²) in [4.78, 5) is 3.99. The molecule has 2 rings (SSSR count). The van der Waals surface area contributed by atoms with E-state index in [9.17, 15) is 8.78 Å². The molecular formula is C13H15F2N3O. The number of nitrogens with zero attached hydrogens (tertiary/aromatic N) is 2. The summed E-state index contributed by atoms with van der Waals surface area (Å²) in [6.45, 7) is 5.74. The largest absolute Gasteiger partial charge is 0.334 e. The zero-order chi connectivity index (χ0) is 14.2. The summed E-state index contributed by atoms with van der Waals surface area (Å²) in [6, 6.07) is 3.05. The van der Waals surface area contributed by atoms with Gasteiger partial charge in [0, 0.05) is 0 Å². The van der Waals surface area contributed by atoms with E-state index in [-0.39, 0.29) is 22.7 Å². The maximum Gasteiger partial charge on any atom is 0.263 e. The molecular weight excluding hydrogens is 252 g/mol. The Bertz CT molecular complexity index is 570. The van der Waals surface area contributed by atoms with E-state index in [4.69, 9.17) is 10.3 Å². The van der Waals surface area contributed by atoms with Gasteiger partial charge >= 0.3 is 0 Å². The van der Waals surface area contributed by atoms with Crippen molar-refractivity contribution in [3.05, 3.63) is 35.7 Å². The number of rotatable bonds is 2. The lowest BCUT2D eigenvalue weighted by atomic mass is 9.87. The van der Waals surface area contributed by atoms with Crippen LogP contribution in [0.4, 0.5) is 8.78 Å². The normalized spacial score (nSPS) is 13.6. The maximum absolute atomic E-state index is 13.6. The number of hydrogen-bond donors (Lipinski definition) is 1. The molecule has 0 amide bonds. The molecule has 0 aliphatic heterocycles. The van der Waals surface area contributed by atoms with Gasteiger partial charge in [-0.05, 0) is 17.5 Å². The Balaban J connectivity index is 2.42. The number of benzene rings is 1. The van der Waals surface area contributed by atoms with Crippen LogP contribution in [-0.4, -0.2) is 10.1 Å². The highest BCUT2D eigenvalue weighted by molar-refractivity contribution is 5.54. The zero-order valence-corrected chi connectivity index (χ0v) is 10.9. The Kier molecular flexibility index (Phi) is 3.36. The van der Waals surface area contributed by atoms with Crippen LogP contribution in [0.3, 0.4) is 0 Å². The van der Waals surface area contributed by atoms with Crippen molar-refractivity contribution in [1.82, 2.24) is 10.1 Å².